The fraction of sp³-hybridized carbons (Fsp3) is 0.667. The number of aliphatic imine (C=N–C) groups is 1. The first-order valence-electron chi connectivity index (χ1n) is 10.4. The predicted molar refractivity (Wildman–Crippen MR) is 126 cm³/mol. The van der Waals surface area contributed by atoms with E-state index in [0.29, 0.717) is 24.1 Å². The standard InChI is InChI=1S/C21H31ClFN3O2.HI/c1-2-24-21(25-10-7-16-5-6-17(23)14-20(16)22)26-11-8-18(9-12-26)28-15-19-4-3-13-27-19;/h5-6,14,18-19H,2-4,7-13,15H2,1H3,(H,24,25);1H. The average Bonchev–Trinajstić information content (AvgIpc) is 3.21. The van der Waals surface area contributed by atoms with Crippen LogP contribution >= 0.6 is 35.6 Å². The molecule has 3 rings (SSSR count). The van der Waals surface area contributed by atoms with E-state index in [4.69, 9.17) is 26.1 Å². The van der Waals surface area contributed by atoms with Gasteiger partial charge in [0.25, 0.3) is 0 Å². The Kier molecular flexibility index (Phi) is 11.0. The van der Waals surface area contributed by atoms with Crippen molar-refractivity contribution in [3.63, 3.8) is 0 Å². The second kappa shape index (κ2) is 12.9. The third kappa shape index (κ3) is 7.84. The Labute approximate surface area is 195 Å². The van der Waals surface area contributed by atoms with Gasteiger partial charge in [0.15, 0.2) is 5.96 Å². The summed E-state index contributed by atoms with van der Waals surface area (Å²) < 4.78 is 24.9. The first-order valence-corrected chi connectivity index (χ1v) is 10.7. The third-order valence-electron chi connectivity index (χ3n) is 5.28. The molecule has 29 heavy (non-hydrogen) atoms. The van der Waals surface area contributed by atoms with Gasteiger partial charge in [-0.2, -0.15) is 0 Å². The molecule has 2 fully saturated rings. The number of nitrogens with zero attached hydrogens (tertiary/aromatic N) is 2. The molecule has 2 saturated heterocycles. The molecule has 1 unspecified atom stereocenters. The summed E-state index contributed by atoms with van der Waals surface area (Å²) in [5.74, 6) is 0.619. The van der Waals surface area contributed by atoms with Crippen LogP contribution in [0.2, 0.25) is 5.02 Å². The molecule has 0 spiro atoms. The smallest absolute Gasteiger partial charge is 0.193 e. The van der Waals surface area contributed by atoms with E-state index in [1.165, 1.54) is 12.1 Å². The number of ether oxygens (including phenoxy) is 2. The van der Waals surface area contributed by atoms with Gasteiger partial charge in [-0.15, -0.1) is 24.0 Å². The van der Waals surface area contributed by atoms with E-state index in [1.54, 1.807) is 6.07 Å². The molecule has 1 atom stereocenters. The number of benzene rings is 1. The Hall–Kier alpha value is -0.640. The Balaban J connectivity index is 0.00000300. The van der Waals surface area contributed by atoms with Gasteiger partial charge in [-0.1, -0.05) is 17.7 Å². The molecule has 0 aliphatic carbocycles. The molecule has 0 radical (unpaired) electrons. The van der Waals surface area contributed by atoms with E-state index >= 15 is 0 Å². The lowest BCUT2D eigenvalue weighted by atomic mass is 10.1. The van der Waals surface area contributed by atoms with Gasteiger partial charge >= 0.3 is 0 Å². The van der Waals surface area contributed by atoms with Crippen molar-refractivity contribution in [2.45, 2.75) is 51.2 Å². The highest BCUT2D eigenvalue weighted by Crippen LogP contribution is 2.19. The Morgan fingerprint density at radius 3 is 2.79 bits per heavy atom. The maximum absolute atomic E-state index is 13.2. The zero-order valence-corrected chi connectivity index (χ0v) is 20.1. The van der Waals surface area contributed by atoms with Gasteiger partial charge in [0.2, 0.25) is 0 Å². The first kappa shape index (κ1) is 24.6. The fourth-order valence-corrected chi connectivity index (χ4v) is 3.95. The minimum Gasteiger partial charge on any atom is -0.376 e. The number of piperidine rings is 1. The number of rotatable bonds is 7. The summed E-state index contributed by atoms with van der Waals surface area (Å²) in [6.07, 6.45) is 5.56. The number of likely N-dealkylation sites (tertiary alicyclic amines) is 1. The molecule has 2 heterocycles. The summed E-state index contributed by atoms with van der Waals surface area (Å²) >= 11 is 6.11. The quantitative estimate of drug-likeness (QED) is 0.320. The van der Waals surface area contributed by atoms with Crippen molar-refractivity contribution < 1.29 is 13.9 Å². The van der Waals surface area contributed by atoms with Crippen LogP contribution in [0.1, 0.15) is 38.2 Å². The van der Waals surface area contributed by atoms with Crippen molar-refractivity contribution in [3.8, 4) is 0 Å². The van der Waals surface area contributed by atoms with Crippen molar-refractivity contribution in [3.05, 3.63) is 34.6 Å². The van der Waals surface area contributed by atoms with Crippen LogP contribution in [0.3, 0.4) is 0 Å². The molecule has 0 saturated carbocycles. The van der Waals surface area contributed by atoms with Crippen LogP contribution in [0.4, 0.5) is 4.39 Å². The van der Waals surface area contributed by atoms with E-state index in [2.05, 4.69) is 17.1 Å². The van der Waals surface area contributed by atoms with Gasteiger partial charge in [-0.05, 0) is 56.7 Å². The monoisotopic (exact) mass is 539 g/mol. The summed E-state index contributed by atoms with van der Waals surface area (Å²) in [6.45, 7) is 6.96. The second-order valence-corrected chi connectivity index (χ2v) is 7.78. The molecule has 1 aromatic carbocycles. The van der Waals surface area contributed by atoms with Crippen LogP contribution in [-0.4, -0.2) is 62.5 Å². The number of hydrogen-bond acceptors (Lipinski definition) is 3. The van der Waals surface area contributed by atoms with Crippen molar-refractivity contribution >= 4 is 41.5 Å². The topological polar surface area (TPSA) is 46.1 Å². The first-order chi connectivity index (χ1) is 13.7. The molecule has 0 aromatic heterocycles. The molecular weight excluding hydrogens is 508 g/mol. The summed E-state index contributed by atoms with van der Waals surface area (Å²) in [5, 5.41) is 3.84. The fourth-order valence-electron chi connectivity index (χ4n) is 3.69. The number of hydrogen-bond donors (Lipinski definition) is 1. The third-order valence-corrected chi connectivity index (χ3v) is 5.63. The van der Waals surface area contributed by atoms with Gasteiger partial charge in [0.1, 0.15) is 5.82 Å². The Morgan fingerprint density at radius 1 is 1.34 bits per heavy atom. The van der Waals surface area contributed by atoms with Gasteiger partial charge in [-0.25, -0.2) is 4.39 Å². The van der Waals surface area contributed by atoms with Crippen molar-refractivity contribution in [1.29, 1.82) is 0 Å². The normalized spacial score (nSPS) is 20.6. The highest BCUT2D eigenvalue weighted by molar-refractivity contribution is 14.0. The number of guanidine groups is 1. The number of halogens is 3. The largest absolute Gasteiger partial charge is 0.376 e. The molecule has 1 aromatic rings. The highest BCUT2D eigenvalue weighted by Gasteiger charge is 2.24. The van der Waals surface area contributed by atoms with Crippen LogP contribution in [0.25, 0.3) is 0 Å². The lowest BCUT2D eigenvalue weighted by Gasteiger charge is -2.34. The van der Waals surface area contributed by atoms with Gasteiger partial charge in [0, 0.05) is 37.8 Å². The molecule has 2 aliphatic heterocycles. The lowest BCUT2D eigenvalue weighted by molar-refractivity contribution is -0.0367. The van der Waals surface area contributed by atoms with Gasteiger partial charge < -0.3 is 19.7 Å². The molecule has 8 heteroatoms. The molecule has 164 valence electrons. The highest BCUT2D eigenvalue weighted by atomic mass is 127. The van der Waals surface area contributed by atoms with Crippen molar-refractivity contribution in [2.24, 2.45) is 4.99 Å². The summed E-state index contributed by atoms with van der Waals surface area (Å²) in [7, 11) is 0. The predicted octanol–water partition coefficient (Wildman–Crippen LogP) is 4.27. The molecule has 2 aliphatic rings. The Morgan fingerprint density at radius 2 is 2.14 bits per heavy atom. The van der Waals surface area contributed by atoms with Gasteiger partial charge in [-0.3, -0.25) is 4.99 Å². The minimum atomic E-state index is -0.310. The van der Waals surface area contributed by atoms with Gasteiger partial charge in [0.05, 0.1) is 18.8 Å². The SMILES string of the molecule is CCNC(=NCCc1ccc(F)cc1Cl)N1CCC(OCC2CCCO2)CC1.I. The van der Waals surface area contributed by atoms with Crippen LogP contribution in [0, 0.1) is 5.82 Å². The zero-order valence-electron chi connectivity index (χ0n) is 17.0. The summed E-state index contributed by atoms with van der Waals surface area (Å²) in [4.78, 5) is 7.04. The molecule has 1 N–H and O–H groups in total. The van der Waals surface area contributed by atoms with Crippen molar-refractivity contribution in [2.75, 3.05) is 39.4 Å². The molecule has 0 bridgehead atoms. The van der Waals surface area contributed by atoms with Crippen molar-refractivity contribution in [1.82, 2.24) is 10.2 Å². The van der Waals surface area contributed by atoms with E-state index in [9.17, 15) is 4.39 Å². The Bertz CT molecular complexity index is 651. The van der Waals surface area contributed by atoms with Crippen LogP contribution in [-0.2, 0) is 15.9 Å². The summed E-state index contributed by atoms with van der Waals surface area (Å²) in [6, 6.07) is 4.53. The van der Waals surface area contributed by atoms with Crippen LogP contribution in [0.5, 0.6) is 0 Å². The van der Waals surface area contributed by atoms with Crippen LogP contribution in [0.15, 0.2) is 23.2 Å². The molecule has 5 nitrogen and oxygen atoms in total. The zero-order chi connectivity index (χ0) is 19.8. The lowest BCUT2D eigenvalue weighted by Crippen LogP contribution is -2.47. The van der Waals surface area contributed by atoms with E-state index in [-0.39, 0.29) is 35.9 Å². The van der Waals surface area contributed by atoms with E-state index < -0.39 is 0 Å². The van der Waals surface area contributed by atoms with E-state index in [0.717, 1.165) is 70.1 Å². The molecule has 0 amide bonds. The second-order valence-electron chi connectivity index (χ2n) is 7.38. The maximum Gasteiger partial charge on any atom is 0.193 e. The maximum atomic E-state index is 13.2. The molecular formula is C21H32ClFIN3O2. The minimum absolute atomic E-state index is 0. The average molecular weight is 540 g/mol. The van der Waals surface area contributed by atoms with E-state index in [1.807, 2.05) is 0 Å². The number of nitrogens with one attached hydrogen (secondary N) is 1. The van der Waals surface area contributed by atoms with Crippen LogP contribution < -0.4 is 5.32 Å². The summed E-state index contributed by atoms with van der Waals surface area (Å²) in [5.41, 5.74) is 0.920.